The first-order valence-electron chi connectivity index (χ1n) is 20.5. The minimum Gasteiger partial charge on any atom is -0.424 e. The molecule has 50 heavy (non-hydrogen) atoms. The van der Waals surface area contributed by atoms with Crippen molar-refractivity contribution in [3.8, 4) is 0 Å². The highest BCUT2D eigenvalue weighted by Gasteiger charge is 2.71. The van der Waals surface area contributed by atoms with Crippen molar-refractivity contribution >= 4 is 18.7 Å². The van der Waals surface area contributed by atoms with E-state index in [-0.39, 0.29) is 10.5 Å². The lowest BCUT2D eigenvalue weighted by atomic mass is 9.32. The average Bonchev–Trinajstić information content (AvgIpc) is 3.48. The van der Waals surface area contributed by atoms with Crippen molar-refractivity contribution < 1.29 is 9.53 Å². The molecule has 4 unspecified atom stereocenters. The first-order chi connectivity index (χ1) is 23.5. The zero-order valence-corrected chi connectivity index (χ0v) is 34.3. The number of allylic oxidation sites excluding steroid dienone is 1. The molecule has 10 atom stereocenters. The number of hydrogen-bond acceptors (Lipinski definition) is 2. The summed E-state index contributed by atoms with van der Waals surface area (Å²) in [6.07, 6.45) is 16.1. The van der Waals surface area contributed by atoms with E-state index in [4.69, 9.17) is 11.3 Å². The van der Waals surface area contributed by atoms with E-state index in [2.05, 4.69) is 116 Å². The molecule has 0 aromatic heterocycles. The molecule has 0 heterocycles. The fourth-order valence-corrected chi connectivity index (χ4v) is 18.9. The second kappa shape index (κ2) is 12.4. The van der Waals surface area contributed by atoms with E-state index in [1.165, 1.54) is 76.2 Å². The predicted molar refractivity (Wildman–Crippen MR) is 213 cm³/mol. The number of ether oxygens (including phenoxy) is 1. The van der Waals surface area contributed by atoms with Crippen LogP contribution in [0.2, 0.25) is 5.04 Å². The van der Waals surface area contributed by atoms with Crippen LogP contribution in [0.15, 0.2) is 72.8 Å². The Kier molecular flexibility index (Phi) is 9.13. The summed E-state index contributed by atoms with van der Waals surface area (Å²) in [7, 11) is -1.10. The summed E-state index contributed by atoms with van der Waals surface area (Å²) in [5.74, 6) is 3.63. The summed E-state index contributed by atoms with van der Waals surface area (Å²) >= 11 is 0. The molecule has 7 rings (SSSR count). The highest BCUT2D eigenvalue weighted by atomic mass is 28.4. The quantitative estimate of drug-likeness (QED) is 0.220. The van der Waals surface area contributed by atoms with Gasteiger partial charge < -0.3 is 9.53 Å². The smallest absolute Gasteiger partial charge is 0.258 e. The predicted octanol–water partition coefficient (Wildman–Crippen LogP) is 11.0. The van der Waals surface area contributed by atoms with E-state index in [0.717, 1.165) is 34.5 Å². The summed E-state index contributed by atoms with van der Waals surface area (Å²) in [5, 5.41) is 2.08. The van der Waals surface area contributed by atoms with Crippen LogP contribution >= 0.6 is 0 Å². The fourth-order valence-electron chi connectivity index (χ4n) is 15.2. The number of benzene rings is 2. The second-order valence-electron chi connectivity index (χ2n) is 20.5. The number of fused-ring (bicyclic) bond motifs is 7. The Labute approximate surface area is 307 Å². The molecular weight excluding hydrogens is 625 g/mol. The van der Waals surface area contributed by atoms with Crippen LogP contribution in [0.1, 0.15) is 132 Å². The minimum atomic E-state index is -3.06. The van der Waals surface area contributed by atoms with E-state index in [1.807, 2.05) is 7.11 Å². The lowest BCUT2D eigenvalue weighted by Crippen LogP contribution is -2.67. The molecule has 0 aliphatic heterocycles. The van der Waals surface area contributed by atoms with Crippen molar-refractivity contribution in [2.24, 2.45) is 56.7 Å². The largest absolute Gasteiger partial charge is 0.424 e. The molecule has 5 saturated carbocycles. The second-order valence-corrected chi connectivity index (χ2v) is 24.4. The van der Waals surface area contributed by atoms with Gasteiger partial charge in [0.15, 0.2) is 0 Å². The Morgan fingerprint density at radius 1 is 0.780 bits per heavy atom. The Balaban J connectivity index is 1.22. The van der Waals surface area contributed by atoms with Gasteiger partial charge in [0.25, 0.3) is 8.32 Å². The molecule has 0 radical (unpaired) electrons. The van der Waals surface area contributed by atoms with Crippen molar-refractivity contribution in [1.82, 2.24) is 0 Å². The summed E-state index contributed by atoms with van der Waals surface area (Å²) < 4.78 is 6.16. The first kappa shape index (κ1) is 36.7. The third-order valence-electron chi connectivity index (χ3n) is 18.1. The lowest BCUT2D eigenvalue weighted by molar-refractivity contribution is -0.249. The average molecular weight is 695 g/mol. The highest BCUT2D eigenvalue weighted by Crippen LogP contribution is 2.78. The molecule has 3 heteroatoms. The third kappa shape index (κ3) is 5.04. The van der Waals surface area contributed by atoms with Crippen LogP contribution in [0.3, 0.4) is 0 Å². The van der Waals surface area contributed by atoms with E-state index in [9.17, 15) is 4.80 Å². The molecule has 0 spiro atoms. The van der Waals surface area contributed by atoms with Gasteiger partial charge in [0.05, 0.1) is 6.10 Å². The molecule has 2 aromatic rings. The Morgan fingerprint density at radius 3 is 1.98 bits per heavy atom. The van der Waals surface area contributed by atoms with Crippen LogP contribution in [-0.4, -0.2) is 26.3 Å². The Morgan fingerprint density at radius 2 is 1.40 bits per heavy atom. The highest BCUT2D eigenvalue weighted by molar-refractivity contribution is 6.98. The van der Waals surface area contributed by atoms with Gasteiger partial charge in [0, 0.05) is 7.11 Å². The van der Waals surface area contributed by atoms with E-state index < -0.39 is 8.32 Å². The van der Waals surface area contributed by atoms with Crippen LogP contribution in [0.25, 0.3) is 0 Å². The van der Waals surface area contributed by atoms with Crippen molar-refractivity contribution in [2.75, 3.05) is 7.11 Å². The SMILES string of the molecule is C=C(C)[C@@H]1CC[C@]2(CCC(C)(C)[Si](O)(c3ccccc3)c3ccccc3)CC[C@]3(C)C(CCC4[C@@]5(C)CC[C@H](OC)C(C)(C)C5CC[C@]43C)C12. The van der Waals surface area contributed by atoms with E-state index >= 15 is 0 Å². The van der Waals surface area contributed by atoms with E-state index in [1.54, 1.807) is 0 Å². The summed E-state index contributed by atoms with van der Waals surface area (Å²) in [5.41, 5.74) is 3.14. The first-order valence-corrected chi connectivity index (χ1v) is 22.5. The Hall–Kier alpha value is -1.68. The van der Waals surface area contributed by atoms with Gasteiger partial charge in [-0.25, -0.2) is 0 Å². The molecule has 0 amide bonds. The van der Waals surface area contributed by atoms with Crippen molar-refractivity contribution in [3.63, 3.8) is 0 Å². The third-order valence-corrected chi connectivity index (χ3v) is 22.6. The van der Waals surface area contributed by atoms with Crippen molar-refractivity contribution in [3.05, 3.63) is 72.8 Å². The van der Waals surface area contributed by atoms with Crippen molar-refractivity contribution in [2.45, 2.75) is 144 Å². The van der Waals surface area contributed by atoms with Gasteiger partial charge in [-0.3, -0.25) is 0 Å². The zero-order valence-electron chi connectivity index (χ0n) is 33.3. The molecular formula is C47H70O2Si. The van der Waals surface area contributed by atoms with Gasteiger partial charge in [-0.1, -0.05) is 121 Å². The maximum absolute atomic E-state index is 13.1. The standard InChI is InChI=1S/C47H70O2Si/c1-33(2)36-23-28-47(31-29-42(3,4)50(48,34-17-13-11-14-18-34)35-19-15-12-16-20-35)32-30-45(8)37(41(36)47)21-22-39-44(7)26-25-40(49-10)43(5,6)38(44)24-27-46(39,45)9/h11-20,36-41,48H,1,21-32H2,2-10H3/t36-,37?,38?,39?,40-,41?,44-,45+,46+,47-/m0/s1. The summed E-state index contributed by atoms with van der Waals surface area (Å²) in [6, 6.07) is 21.4. The fraction of sp³-hybridized carbons (Fsp3) is 0.702. The molecule has 5 aliphatic rings. The van der Waals surface area contributed by atoms with Crippen LogP contribution in [0.4, 0.5) is 0 Å². The monoisotopic (exact) mass is 695 g/mol. The normalized spacial score (nSPS) is 41.0. The molecule has 5 fully saturated rings. The molecule has 5 aliphatic carbocycles. The molecule has 0 saturated heterocycles. The van der Waals surface area contributed by atoms with Gasteiger partial charge in [0.2, 0.25) is 0 Å². The van der Waals surface area contributed by atoms with Gasteiger partial charge >= 0.3 is 0 Å². The van der Waals surface area contributed by atoms with Gasteiger partial charge in [-0.05, 0) is 156 Å². The van der Waals surface area contributed by atoms with Crippen LogP contribution in [0.5, 0.6) is 0 Å². The molecule has 1 N–H and O–H groups in total. The topological polar surface area (TPSA) is 29.5 Å². The summed E-state index contributed by atoms with van der Waals surface area (Å²) in [4.78, 5) is 13.1. The number of hydrogen-bond donors (Lipinski definition) is 1. The number of methoxy groups -OCH3 is 1. The van der Waals surface area contributed by atoms with Crippen molar-refractivity contribution in [1.29, 1.82) is 0 Å². The minimum absolute atomic E-state index is 0.207. The Bertz CT molecular complexity index is 1510. The van der Waals surface area contributed by atoms with Crippen LogP contribution < -0.4 is 10.4 Å². The zero-order chi connectivity index (χ0) is 36.0. The van der Waals surface area contributed by atoms with Gasteiger partial charge in [0.1, 0.15) is 0 Å². The molecule has 2 aromatic carbocycles. The molecule has 274 valence electrons. The maximum atomic E-state index is 13.1. The van der Waals surface area contributed by atoms with Gasteiger partial charge in [-0.2, -0.15) is 0 Å². The van der Waals surface area contributed by atoms with Crippen LogP contribution in [-0.2, 0) is 4.74 Å². The maximum Gasteiger partial charge on any atom is 0.258 e. The molecule has 0 bridgehead atoms. The summed E-state index contributed by atoms with van der Waals surface area (Å²) in [6.45, 7) is 25.2. The lowest BCUT2D eigenvalue weighted by Gasteiger charge is -2.73. The van der Waals surface area contributed by atoms with Crippen LogP contribution in [0, 0.1) is 56.7 Å². The van der Waals surface area contributed by atoms with E-state index in [0.29, 0.717) is 39.6 Å². The molecule has 2 nitrogen and oxygen atoms in total. The number of rotatable bonds is 8. The van der Waals surface area contributed by atoms with Gasteiger partial charge in [-0.15, -0.1) is 0 Å².